The fraction of sp³-hybridized carbons (Fsp3) is 0.538. The second-order valence-corrected chi connectivity index (χ2v) is 7.34. The van der Waals surface area contributed by atoms with Crippen LogP contribution in [0.15, 0.2) is 15.9 Å². The first-order chi connectivity index (χ1) is 9.06. The number of carboxylic acids is 1. The number of hydrogen-bond acceptors (Lipinski definition) is 3. The van der Waals surface area contributed by atoms with Crippen LogP contribution in [0.5, 0.6) is 0 Å². The number of aliphatic carboxylic acids is 1. The molecule has 1 aromatic heterocycles. The van der Waals surface area contributed by atoms with E-state index in [4.69, 9.17) is 5.11 Å². The van der Waals surface area contributed by atoms with Crippen LogP contribution in [-0.4, -0.2) is 23.5 Å². The van der Waals surface area contributed by atoms with Crippen molar-refractivity contribution in [3.8, 4) is 0 Å². The van der Waals surface area contributed by atoms with Gasteiger partial charge in [0, 0.05) is 17.3 Å². The molecule has 1 heterocycles. The van der Waals surface area contributed by atoms with E-state index in [9.17, 15) is 9.59 Å². The van der Waals surface area contributed by atoms with E-state index in [-0.39, 0.29) is 17.7 Å². The second-order valence-electron chi connectivity index (χ2n) is 4.79. The van der Waals surface area contributed by atoms with E-state index in [0.717, 1.165) is 10.2 Å². The van der Waals surface area contributed by atoms with Gasteiger partial charge in [0.1, 0.15) is 0 Å². The topological polar surface area (TPSA) is 66.4 Å². The maximum absolute atomic E-state index is 11.9. The predicted molar refractivity (Wildman–Crippen MR) is 77.2 cm³/mol. The molecule has 1 aliphatic carbocycles. The van der Waals surface area contributed by atoms with Gasteiger partial charge in [-0.1, -0.05) is 0 Å². The highest BCUT2D eigenvalue weighted by Crippen LogP contribution is 2.31. The Morgan fingerprint density at radius 2 is 2.11 bits per heavy atom. The third-order valence-corrected chi connectivity index (χ3v) is 5.14. The zero-order chi connectivity index (χ0) is 13.8. The van der Waals surface area contributed by atoms with Crippen molar-refractivity contribution in [3.05, 3.63) is 20.8 Å². The first kappa shape index (κ1) is 14.5. The largest absolute Gasteiger partial charge is 0.481 e. The maximum Gasteiger partial charge on any atom is 0.306 e. The zero-order valence-corrected chi connectivity index (χ0v) is 12.8. The highest BCUT2D eigenvalue weighted by atomic mass is 79.9. The van der Waals surface area contributed by atoms with Crippen LogP contribution in [0.25, 0.3) is 0 Å². The molecule has 0 unspecified atom stereocenters. The van der Waals surface area contributed by atoms with Gasteiger partial charge in [-0.15, -0.1) is 11.3 Å². The smallest absolute Gasteiger partial charge is 0.306 e. The summed E-state index contributed by atoms with van der Waals surface area (Å²) in [6.07, 6.45) is 2.60. The molecule has 0 radical (unpaired) electrons. The number of carboxylic acid groups (broad SMARTS) is 1. The number of carbonyl (C=O) groups is 2. The molecule has 104 valence electrons. The lowest BCUT2D eigenvalue weighted by atomic mass is 10.0. The number of halogens is 1. The van der Waals surface area contributed by atoms with Crippen molar-refractivity contribution in [1.29, 1.82) is 0 Å². The average molecular weight is 346 g/mol. The predicted octanol–water partition coefficient (Wildman–Crippen LogP) is 2.67. The Balaban J connectivity index is 1.72. The monoisotopic (exact) mass is 345 g/mol. The molecule has 6 heteroatoms. The number of nitrogens with one attached hydrogen (secondary N) is 1. The molecule has 0 bridgehead atoms. The fourth-order valence-electron chi connectivity index (χ4n) is 2.38. The summed E-state index contributed by atoms with van der Waals surface area (Å²) < 4.78 is 1.09. The average Bonchev–Trinajstić information content (AvgIpc) is 2.98. The molecule has 1 fully saturated rings. The number of rotatable bonds is 5. The van der Waals surface area contributed by atoms with Gasteiger partial charge in [-0.2, -0.15) is 0 Å². The molecule has 4 nitrogen and oxygen atoms in total. The van der Waals surface area contributed by atoms with Crippen molar-refractivity contribution in [3.63, 3.8) is 0 Å². The summed E-state index contributed by atoms with van der Waals surface area (Å²) in [5, 5.41) is 11.8. The summed E-state index contributed by atoms with van der Waals surface area (Å²) in [6.45, 7) is 0.611. The molecule has 1 aromatic rings. The first-order valence-electron chi connectivity index (χ1n) is 6.31. The second kappa shape index (κ2) is 6.52. The maximum atomic E-state index is 11.9. The van der Waals surface area contributed by atoms with E-state index in [2.05, 4.69) is 21.2 Å². The summed E-state index contributed by atoms with van der Waals surface area (Å²) in [5.74, 6) is -1.25. The minimum absolute atomic E-state index is 0.000582. The van der Waals surface area contributed by atoms with E-state index < -0.39 is 5.97 Å². The van der Waals surface area contributed by atoms with Crippen LogP contribution in [0.3, 0.4) is 0 Å². The molecule has 1 saturated carbocycles. The normalized spacial score (nSPS) is 22.4. The molecule has 0 saturated heterocycles. The number of amides is 1. The van der Waals surface area contributed by atoms with Crippen LogP contribution >= 0.6 is 27.3 Å². The van der Waals surface area contributed by atoms with Gasteiger partial charge in [0.15, 0.2) is 0 Å². The molecule has 2 rings (SSSR count). The highest BCUT2D eigenvalue weighted by Gasteiger charge is 2.33. The third kappa shape index (κ3) is 4.04. The van der Waals surface area contributed by atoms with Crippen LogP contribution in [-0.2, 0) is 16.0 Å². The molecule has 0 aliphatic heterocycles. The molecule has 0 aromatic carbocycles. The van der Waals surface area contributed by atoms with E-state index in [1.807, 2.05) is 12.1 Å². The molecule has 1 aliphatic rings. The standard InChI is InChI=1S/C13H16BrNO3S/c14-11-4-3-10(19-11)5-6-15-12(16)8-1-2-9(7-8)13(17)18/h3-4,8-9H,1-2,5-7H2,(H,15,16)(H,17,18)/t8-,9+/m1/s1. The van der Waals surface area contributed by atoms with E-state index in [0.29, 0.717) is 25.8 Å². The molecule has 0 spiro atoms. The van der Waals surface area contributed by atoms with Crippen LogP contribution < -0.4 is 5.32 Å². The minimum Gasteiger partial charge on any atom is -0.481 e. The molecular weight excluding hydrogens is 330 g/mol. The van der Waals surface area contributed by atoms with Gasteiger partial charge >= 0.3 is 5.97 Å². The van der Waals surface area contributed by atoms with Crippen molar-refractivity contribution in [1.82, 2.24) is 5.32 Å². The van der Waals surface area contributed by atoms with Gasteiger partial charge in [-0.05, 0) is 53.7 Å². The van der Waals surface area contributed by atoms with Crippen LogP contribution in [0.1, 0.15) is 24.1 Å². The Hall–Kier alpha value is -0.880. The summed E-state index contributed by atoms with van der Waals surface area (Å²) >= 11 is 5.07. The Morgan fingerprint density at radius 1 is 1.37 bits per heavy atom. The molecule has 2 atom stereocenters. The number of hydrogen-bond donors (Lipinski definition) is 2. The summed E-state index contributed by atoms with van der Waals surface area (Å²) in [5.41, 5.74) is 0. The third-order valence-electron chi connectivity index (χ3n) is 3.45. The van der Waals surface area contributed by atoms with Crippen molar-refractivity contribution >= 4 is 39.1 Å². The van der Waals surface area contributed by atoms with Crippen LogP contribution in [0, 0.1) is 11.8 Å². The first-order valence-corrected chi connectivity index (χ1v) is 7.92. The van der Waals surface area contributed by atoms with Crippen molar-refractivity contribution in [2.75, 3.05) is 6.54 Å². The van der Waals surface area contributed by atoms with Gasteiger partial charge in [0.25, 0.3) is 0 Å². The van der Waals surface area contributed by atoms with Crippen LogP contribution in [0.2, 0.25) is 0 Å². The quantitative estimate of drug-likeness (QED) is 0.861. The van der Waals surface area contributed by atoms with Gasteiger partial charge in [0.2, 0.25) is 5.91 Å². The van der Waals surface area contributed by atoms with Gasteiger partial charge in [-0.3, -0.25) is 9.59 Å². The van der Waals surface area contributed by atoms with Crippen LogP contribution in [0.4, 0.5) is 0 Å². The lowest BCUT2D eigenvalue weighted by Gasteiger charge is -2.10. The summed E-state index contributed by atoms with van der Waals surface area (Å²) in [6, 6.07) is 4.03. The Bertz CT molecular complexity index is 474. The van der Waals surface area contributed by atoms with Crippen molar-refractivity contribution in [2.24, 2.45) is 11.8 Å². The number of thiophene rings is 1. The minimum atomic E-state index is -0.779. The zero-order valence-electron chi connectivity index (χ0n) is 10.4. The van der Waals surface area contributed by atoms with Gasteiger partial charge in [0.05, 0.1) is 9.70 Å². The van der Waals surface area contributed by atoms with E-state index >= 15 is 0 Å². The summed E-state index contributed by atoms with van der Waals surface area (Å²) in [4.78, 5) is 24.0. The van der Waals surface area contributed by atoms with Gasteiger partial charge in [-0.25, -0.2) is 0 Å². The molecule has 19 heavy (non-hydrogen) atoms. The van der Waals surface area contributed by atoms with E-state index in [1.165, 1.54) is 4.88 Å². The summed E-state index contributed by atoms with van der Waals surface area (Å²) in [7, 11) is 0. The van der Waals surface area contributed by atoms with Crippen molar-refractivity contribution in [2.45, 2.75) is 25.7 Å². The van der Waals surface area contributed by atoms with Crippen molar-refractivity contribution < 1.29 is 14.7 Å². The van der Waals surface area contributed by atoms with Gasteiger partial charge < -0.3 is 10.4 Å². The molecule has 2 N–H and O–H groups in total. The molecule has 1 amide bonds. The fourth-order valence-corrected chi connectivity index (χ4v) is 3.87. The Labute approximate surface area is 124 Å². The SMILES string of the molecule is O=C(O)[C@H]1CC[C@@H](C(=O)NCCc2ccc(Br)s2)C1. The molecular formula is C13H16BrNO3S. The number of carbonyl (C=O) groups excluding carboxylic acids is 1. The Morgan fingerprint density at radius 3 is 2.68 bits per heavy atom. The highest BCUT2D eigenvalue weighted by molar-refractivity contribution is 9.11. The Kier molecular flexibility index (Phi) is 4.99. The lowest BCUT2D eigenvalue weighted by Crippen LogP contribution is -2.31. The lowest BCUT2D eigenvalue weighted by molar-refractivity contribution is -0.141. The van der Waals surface area contributed by atoms with E-state index in [1.54, 1.807) is 11.3 Å².